The maximum atomic E-state index is 13.0. The highest BCUT2D eigenvalue weighted by Crippen LogP contribution is 2.42. The molecule has 0 radical (unpaired) electrons. The minimum Gasteiger partial charge on any atom is -0.343 e. The van der Waals surface area contributed by atoms with Crippen molar-refractivity contribution < 1.29 is 9.59 Å². The minimum atomic E-state index is -0.113. The van der Waals surface area contributed by atoms with E-state index in [1.54, 1.807) is 0 Å². The fourth-order valence-electron chi connectivity index (χ4n) is 5.19. The SMILES string of the molecule is CCN(CC)C(=O)C1C=C2c3cccc4c3c(cn4C(=O)C3CC3)CC2N(C)C1. The van der Waals surface area contributed by atoms with E-state index in [-0.39, 0.29) is 29.7 Å². The van der Waals surface area contributed by atoms with Gasteiger partial charge in [0.1, 0.15) is 0 Å². The van der Waals surface area contributed by atoms with E-state index in [0.717, 1.165) is 44.4 Å². The van der Waals surface area contributed by atoms with Gasteiger partial charge in [0.2, 0.25) is 11.8 Å². The zero-order valence-corrected chi connectivity index (χ0v) is 17.5. The van der Waals surface area contributed by atoms with Gasteiger partial charge in [0.05, 0.1) is 11.4 Å². The van der Waals surface area contributed by atoms with Crippen LogP contribution in [0.25, 0.3) is 16.5 Å². The summed E-state index contributed by atoms with van der Waals surface area (Å²) in [5.74, 6) is 0.536. The highest BCUT2D eigenvalue weighted by Gasteiger charge is 2.38. The lowest BCUT2D eigenvalue weighted by molar-refractivity contribution is -0.134. The van der Waals surface area contributed by atoms with Crippen LogP contribution in [0, 0.1) is 11.8 Å². The minimum absolute atomic E-state index is 0.113. The van der Waals surface area contributed by atoms with Crippen LogP contribution in [0.5, 0.6) is 0 Å². The molecule has 1 aromatic carbocycles. The van der Waals surface area contributed by atoms with E-state index in [4.69, 9.17) is 0 Å². The molecule has 29 heavy (non-hydrogen) atoms. The van der Waals surface area contributed by atoms with Gasteiger partial charge in [0.15, 0.2) is 0 Å². The lowest BCUT2D eigenvalue weighted by Crippen LogP contribution is -2.47. The quantitative estimate of drug-likeness (QED) is 0.802. The number of amides is 1. The van der Waals surface area contributed by atoms with Crippen LogP contribution < -0.4 is 0 Å². The Hall–Kier alpha value is -2.40. The number of likely N-dealkylation sites (N-methyl/N-ethyl adjacent to an activating group) is 1. The van der Waals surface area contributed by atoms with E-state index in [0.29, 0.717) is 0 Å². The smallest absolute Gasteiger partial charge is 0.234 e. The second-order valence-electron chi connectivity index (χ2n) is 8.74. The van der Waals surface area contributed by atoms with Gasteiger partial charge in [-0.05, 0) is 62.9 Å². The van der Waals surface area contributed by atoms with Gasteiger partial charge in [0.25, 0.3) is 0 Å². The van der Waals surface area contributed by atoms with Crippen molar-refractivity contribution in [3.8, 4) is 0 Å². The fourth-order valence-corrected chi connectivity index (χ4v) is 5.19. The molecule has 5 heteroatoms. The maximum absolute atomic E-state index is 13.0. The highest BCUT2D eigenvalue weighted by atomic mass is 16.2. The molecule has 5 nitrogen and oxygen atoms in total. The summed E-state index contributed by atoms with van der Waals surface area (Å²) in [6, 6.07) is 6.54. The monoisotopic (exact) mass is 391 g/mol. The zero-order chi connectivity index (χ0) is 20.3. The Labute approximate surface area is 172 Å². The molecule has 0 bridgehead atoms. The number of fused-ring (bicyclic) bond motifs is 2. The van der Waals surface area contributed by atoms with Crippen molar-refractivity contribution in [2.75, 3.05) is 26.7 Å². The van der Waals surface area contributed by atoms with Crippen LogP contribution in [0.1, 0.15) is 42.6 Å². The summed E-state index contributed by atoms with van der Waals surface area (Å²) in [4.78, 5) is 30.1. The van der Waals surface area contributed by atoms with Gasteiger partial charge in [-0.25, -0.2) is 0 Å². The van der Waals surface area contributed by atoms with Crippen molar-refractivity contribution in [2.24, 2.45) is 11.8 Å². The highest BCUT2D eigenvalue weighted by molar-refractivity contribution is 6.04. The lowest BCUT2D eigenvalue weighted by atomic mass is 9.79. The van der Waals surface area contributed by atoms with Crippen molar-refractivity contribution >= 4 is 28.3 Å². The summed E-state index contributed by atoms with van der Waals surface area (Å²) in [6.45, 7) is 6.31. The summed E-state index contributed by atoms with van der Waals surface area (Å²) >= 11 is 0. The Morgan fingerprint density at radius 3 is 2.62 bits per heavy atom. The van der Waals surface area contributed by atoms with Gasteiger partial charge >= 0.3 is 0 Å². The van der Waals surface area contributed by atoms with Crippen molar-refractivity contribution in [3.63, 3.8) is 0 Å². The van der Waals surface area contributed by atoms with Crippen molar-refractivity contribution in [3.05, 3.63) is 41.6 Å². The molecule has 0 N–H and O–H groups in total. The van der Waals surface area contributed by atoms with Crippen LogP contribution in [0.4, 0.5) is 0 Å². The normalized spacial score (nSPS) is 23.6. The average molecular weight is 392 g/mol. The van der Waals surface area contributed by atoms with Crippen LogP contribution in [-0.4, -0.2) is 58.9 Å². The van der Waals surface area contributed by atoms with Crippen molar-refractivity contribution in [1.82, 2.24) is 14.4 Å². The predicted molar refractivity (Wildman–Crippen MR) is 115 cm³/mol. The molecule has 2 aliphatic carbocycles. The second-order valence-corrected chi connectivity index (χ2v) is 8.74. The Balaban J connectivity index is 1.61. The lowest BCUT2D eigenvalue weighted by Gasteiger charge is -2.40. The molecule has 3 aliphatic rings. The van der Waals surface area contributed by atoms with Crippen LogP contribution in [-0.2, 0) is 11.2 Å². The Morgan fingerprint density at radius 1 is 1.17 bits per heavy atom. The molecule has 152 valence electrons. The molecule has 0 spiro atoms. The molecule has 2 aromatic rings. The van der Waals surface area contributed by atoms with E-state index in [1.807, 2.05) is 23.3 Å². The van der Waals surface area contributed by atoms with E-state index in [1.165, 1.54) is 22.1 Å². The number of aromatic nitrogens is 1. The first kappa shape index (κ1) is 18.6. The number of hydrogen-bond acceptors (Lipinski definition) is 3. The third-order valence-electron chi connectivity index (χ3n) is 6.95. The van der Waals surface area contributed by atoms with Gasteiger partial charge in [-0.15, -0.1) is 0 Å². The van der Waals surface area contributed by atoms with Gasteiger partial charge in [0, 0.05) is 43.2 Å². The molecule has 2 atom stereocenters. The van der Waals surface area contributed by atoms with Gasteiger partial charge in [-0.1, -0.05) is 18.2 Å². The van der Waals surface area contributed by atoms with Crippen LogP contribution in [0.15, 0.2) is 30.5 Å². The summed E-state index contributed by atoms with van der Waals surface area (Å²) in [5, 5.41) is 1.20. The largest absolute Gasteiger partial charge is 0.343 e. The van der Waals surface area contributed by atoms with Gasteiger partial charge in [-0.3, -0.25) is 19.1 Å². The van der Waals surface area contributed by atoms with E-state index >= 15 is 0 Å². The molecule has 0 saturated heterocycles. The van der Waals surface area contributed by atoms with Crippen molar-refractivity contribution in [2.45, 2.75) is 39.2 Å². The molecule has 1 aliphatic heterocycles. The molecule has 1 amide bonds. The molecular weight excluding hydrogens is 362 g/mol. The molecule has 1 saturated carbocycles. The van der Waals surface area contributed by atoms with E-state index in [9.17, 15) is 9.59 Å². The Kier molecular flexibility index (Phi) is 4.39. The number of benzene rings is 1. The summed E-state index contributed by atoms with van der Waals surface area (Å²) in [7, 11) is 2.12. The average Bonchev–Trinajstić information content (AvgIpc) is 3.51. The molecular formula is C24H29N3O2. The maximum Gasteiger partial charge on any atom is 0.234 e. The van der Waals surface area contributed by atoms with E-state index < -0.39 is 0 Å². The zero-order valence-electron chi connectivity index (χ0n) is 17.5. The van der Waals surface area contributed by atoms with Gasteiger partial charge < -0.3 is 4.90 Å². The Morgan fingerprint density at radius 2 is 1.93 bits per heavy atom. The fraction of sp³-hybridized carbons (Fsp3) is 0.500. The second kappa shape index (κ2) is 6.84. The number of rotatable bonds is 4. The molecule has 2 heterocycles. The number of nitrogens with zero attached hydrogens (tertiary/aromatic N) is 3. The van der Waals surface area contributed by atoms with Gasteiger partial charge in [-0.2, -0.15) is 0 Å². The van der Waals surface area contributed by atoms with Crippen LogP contribution in [0.3, 0.4) is 0 Å². The van der Waals surface area contributed by atoms with Crippen LogP contribution in [0.2, 0.25) is 0 Å². The van der Waals surface area contributed by atoms with Crippen LogP contribution >= 0.6 is 0 Å². The first-order valence-electron chi connectivity index (χ1n) is 10.9. The molecule has 1 fully saturated rings. The Bertz CT molecular complexity index is 1030. The summed E-state index contributed by atoms with van der Waals surface area (Å²) in [6.07, 6.45) is 7.21. The van der Waals surface area contributed by atoms with E-state index in [2.05, 4.69) is 42.4 Å². The topological polar surface area (TPSA) is 45.6 Å². The third kappa shape index (κ3) is 2.86. The summed E-state index contributed by atoms with van der Waals surface area (Å²) < 4.78 is 1.89. The predicted octanol–water partition coefficient (Wildman–Crippen LogP) is 3.43. The third-order valence-corrected chi connectivity index (χ3v) is 6.95. The standard InChI is InChI=1S/C24H29N3O2/c1-4-26(5-2)23(28)17-11-19-18-7-6-8-20-22(18)16(12-21(19)25(3)13-17)14-27(20)24(29)15-9-10-15/h6-8,11,14-15,17,21H,4-5,9-10,12-13H2,1-3H3. The number of hydrogen-bond donors (Lipinski definition) is 0. The number of carbonyl (C=O) groups excluding carboxylic acids is 2. The molecule has 1 aromatic heterocycles. The summed E-state index contributed by atoms with van der Waals surface area (Å²) in [5.41, 5.74) is 4.72. The van der Waals surface area contributed by atoms with Crippen molar-refractivity contribution in [1.29, 1.82) is 0 Å². The molecule has 2 unspecified atom stereocenters. The molecule has 5 rings (SSSR count). The first-order valence-corrected chi connectivity index (χ1v) is 10.9. The first-order chi connectivity index (χ1) is 14.0. The number of carbonyl (C=O) groups is 2.